The molecule has 0 amide bonds. The average molecular weight is 397 g/mol. The highest BCUT2D eigenvalue weighted by atomic mass is 16.7. The predicted octanol–water partition coefficient (Wildman–Crippen LogP) is 3.15. The van der Waals surface area contributed by atoms with Crippen molar-refractivity contribution < 1.29 is 28.5 Å². The Morgan fingerprint density at radius 3 is 2.55 bits per heavy atom. The first-order valence-corrected chi connectivity index (χ1v) is 9.26. The molecule has 0 aliphatic carbocycles. The van der Waals surface area contributed by atoms with E-state index in [9.17, 15) is 4.79 Å². The number of hydrogen-bond acceptors (Lipinski definition) is 7. The van der Waals surface area contributed by atoms with Crippen molar-refractivity contribution in [2.45, 2.75) is 6.42 Å². The van der Waals surface area contributed by atoms with Crippen molar-refractivity contribution in [3.05, 3.63) is 46.7 Å². The van der Waals surface area contributed by atoms with Gasteiger partial charge in [0.2, 0.25) is 18.3 Å². The third-order valence-corrected chi connectivity index (χ3v) is 5.23. The van der Waals surface area contributed by atoms with Gasteiger partial charge in [-0.05, 0) is 42.3 Å². The van der Waals surface area contributed by atoms with Crippen LogP contribution in [0.2, 0.25) is 0 Å². The normalized spacial score (nSPS) is 14.6. The molecule has 4 rings (SSSR count). The fourth-order valence-electron chi connectivity index (χ4n) is 3.66. The van der Waals surface area contributed by atoms with Crippen molar-refractivity contribution in [1.29, 1.82) is 0 Å². The molecule has 0 saturated heterocycles. The molecule has 0 N–H and O–H groups in total. The lowest BCUT2D eigenvalue weighted by Crippen LogP contribution is -2.24. The van der Waals surface area contributed by atoms with Gasteiger partial charge in [0.25, 0.3) is 0 Å². The van der Waals surface area contributed by atoms with E-state index in [1.807, 2.05) is 24.1 Å². The van der Waals surface area contributed by atoms with E-state index in [1.165, 1.54) is 0 Å². The van der Waals surface area contributed by atoms with Gasteiger partial charge in [-0.25, -0.2) is 0 Å². The standard InChI is InChI=1S/C22H23NO6/c1-23-8-7-13-9-19-22(29-12-28-19)21(27-4)15(13)11-16(23)20(24)14-5-6-17(25-2)18(10-14)26-3/h5-6,9-11H,7-8,12H2,1-4H3. The molecule has 2 heterocycles. The molecule has 0 spiro atoms. The molecule has 2 aromatic rings. The van der Waals surface area contributed by atoms with Crippen molar-refractivity contribution in [2.24, 2.45) is 0 Å². The molecule has 152 valence electrons. The van der Waals surface area contributed by atoms with Gasteiger partial charge in [0.1, 0.15) is 0 Å². The van der Waals surface area contributed by atoms with Gasteiger partial charge in [-0.3, -0.25) is 4.79 Å². The number of carbonyl (C=O) groups excluding carboxylic acids is 1. The zero-order valence-corrected chi connectivity index (χ0v) is 16.9. The lowest BCUT2D eigenvalue weighted by atomic mass is 10.0. The van der Waals surface area contributed by atoms with Crippen LogP contribution >= 0.6 is 0 Å². The monoisotopic (exact) mass is 397 g/mol. The number of methoxy groups -OCH3 is 3. The zero-order valence-electron chi connectivity index (χ0n) is 16.9. The third-order valence-electron chi connectivity index (χ3n) is 5.23. The lowest BCUT2D eigenvalue weighted by Gasteiger charge is -2.20. The summed E-state index contributed by atoms with van der Waals surface area (Å²) >= 11 is 0. The van der Waals surface area contributed by atoms with Crippen molar-refractivity contribution in [3.8, 4) is 28.7 Å². The largest absolute Gasteiger partial charge is 0.493 e. The Kier molecular flexibility index (Phi) is 4.96. The van der Waals surface area contributed by atoms with Crippen molar-refractivity contribution >= 4 is 11.9 Å². The summed E-state index contributed by atoms with van der Waals surface area (Å²) < 4.78 is 27.4. The highest BCUT2D eigenvalue weighted by Gasteiger charge is 2.28. The second-order valence-corrected chi connectivity index (χ2v) is 6.82. The molecule has 7 nitrogen and oxygen atoms in total. The average Bonchev–Trinajstić information content (AvgIpc) is 3.15. The Balaban J connectivity index is 1.81. The third kappa shape index (κ3) is 3.22. The van der Waals surface area contributed by atoms with Gasteiger partial charge in [0, 0.05) is 24.7 Å². The van der Waals surface area contributed by atoms with Gasteiger partial charge >= 0.3 is 0 Å². The summed E-state index contributed by atoms with van der Waals surface area (Å²) in [5.41, 5.74) is 2.97. The minimum absolute atomic E-state index is 0.110. The molecule has 0 radical (unpaired) electrons. The molecule has 0 unspecified atom stereocenters. The summed E-state index contributed by atoms with van der Waals surface area (Å²) in [6, 6.07) is 7.13. The van der Waals surface area contributed by atoms with Crippen LogP contribution in [0.5, 0.6) is 28.7 Å². The maximum atomic E-state index is 13.4. The summed E-state index contributed by atoms with van der Waals surface area (Å²) in [7, 11) is 6.61. The molecule has 0 bridgehead atoms. The molecule has 2 aliphatic heterocycles. The van der Waals surface area contributed by atoms with Crippen molar-refractivity contribution in [1.82, 2.24) is 4.90 Å². The Morgan fingerprint density at radius 2 is 1.83 bits per heavy atom. The number of carbonyl (C=O) groups is 1. The number of likely N-dealkylation sites (N-methyl/N-ethyl adjacent to an activating group) is 1. The second-order valence-electron chi connectivity index (χ2n) is 6.82. The summed E-state index contributed by atoms with van der Waals surface area (Å²) in [6.07, 6.45) is 2.61. The Hall–Kier alpha value is -3.35. The number of allylic oxidation sites excluding steroid dienone is 1. The van der Waals surface area contributed by atoms with Crippen LogP contribution < -0.4 is 23.7 Å². The predicted molar refractivity (Wildman–Crippen MR) is 107 cm³/mol. The van der Waals surface area contributed by atoms with Crippen LogP contribution in [0.15, 0.2) is 30.0 Å². The summed E-state index contributed by atoms with van der Waals surface area (Å²) in [5.74, 6) is 2.81. The number of benzene rings is 2. The van der Waals surface area contributed by atoms with E-state index in [-0.39, 0.29) is 12.6 Å². The minimum Gasteiger partial charge on any atom is -0.493 e. The first-order chi connectivity index (χ1) is 14.1. The Bertz CT molecular complexity index is 997. The molecule has 0 saturated carbocycles. The summed E-state index contributed by atoms with van der Waals surface area (Å²) in [4.78, 5) is 15.3. The molecular weight excluding hydrogens is 374 g/mol. The SMILES string of the molecule is COc1ccc(C(=O)C2=Cc3c(cc4c(c3OC)OCO4)CCN2C)cc1OC. The van der Waals surface area contributed by atoms with Gasteiger partial charge in [-0.1, -0.05) is 0 Å². The number of nitrogens with zero attached hydrogens (tertiary/aromatic N) is 1. The molecule has 7 heteroatoms. The summed E-state index contributed by atoms with van der Waals surface area (Å²) in [6.45, 7) is 0.844. The van der Waals surface area contributed by atoms with E-state index in [0.29, 0.717) is 46.6 Å². The Labute approximate surface area is 169 Å². The topological polar surface area (TPSA) is 66.5 Å². The minimum atomic E-state index is -0.110. The van der Waals surface area contributed by atoms with E-state index in [2.05, 4.69) is 0 Å². The van der Waals surface area contributed by atoms with Crippen molar-refractivity contribution in [3.63, 3.8) is 0 Å². The van der Waals surface area contributed by atoms with Gasteiger partial charge < -0.3 is 28.6 Å². The molecule has 2 aromatic carbocycles. The number of rotatable bonds is 5. The maximum absolute atomic E-state index is 13.4. The molecular formula is C22H23NO6. The van der Waals surface area contributed by atoms with Gasteiger partial charge in [-0.15, -0.1) is 0 Å². The van der Waals surface area contributed by atoms with Crippen LogP contribution in [0, 0.1) is 0 Å². The number of ether oxygens (including phenoxy) is 5. The molecule has 0 atom stereocenters. The van der Waals surface area contributed by atoms with Crippen LogP contribution in [0.25, 0.3) is 6.08 Å². The second kappa shape index (κ2) is 7.58. The van der Waals surface area contributed by atoms with Crippen LogP contribution in [-0.4, -0.2) is 52.4 Å². The molecule has 0 aromatic heterocycles. The number of Topliss-reactive ketones (excluding diaryl/α,β-unsaturated/α-hetero) is 1. The smallest absolute Gasteiger partial charge is 0.231 e. The van der Waals surface area contributed by atoms with Crippen LogP contribution in [-0.2, 0) is 6.42 Å². The lowest BCUT2D eigenvalue weighted by molar-refractivity contribution is 0.100. The quantitative estimate of drug-likeness (QED) is 0.718. The highest BCUT2D eigenvalue weighted by Crippen LogP contribution is 2.46. The summed E-state index contributed by atoms with van der Waals surface area (Å²) in [5, 5.41) is 0. The van der Waals surface area contributed by atoms with E-state index < -0.39 is 0 Å². The number of ketones is 1. The van der Waals surface area contributed by atoms with Crippen LogP contribution in [0.3, 0.4) is 0 Å². The van der Waals surface area contributed by atoms with E-state index >= 15 is 0 Å². The number of hydrogen-bond donors (Lipinski definition) is 0. The molecule has 2 aliphatic rings. The van der Waals surface area contributed by atoms with E-state index in [0.717, 1.165) is 17.5 Å². The highest BCUT2D eigenvalue weighted by molar-refractivity contribution is 6.11. The van der Waals surface area contributed by atoms with Crippen LogP contribution in [0.1, 0.15) is 21.5 Å². The molecule has 29 heavy (non-hydrogen) atoms. The fourth-order valence-corrected chi connectivity index (χ4v) is 3.66. The van der Waals surface area contributed by atoms with Gasteiger partial charge in [0.15, 0.2) is 23.0 Å². The molecule has 0 fully saturated rings. The van der Waals surface area contributed by atoms with E-state index in [1.54, 1.807) is 39.5 Å². The number of fused-ring (bicyclic) bond motifs is 2. The first kappa shape index (κ1) is 19.0. The van der Waals surface area contributed by atoms with E-state index in [4.69, 9.17) is 23.7 Å². The van der Waals surface area contributed by atoms with Crippen LogP contribution in [0.4, 0.5) is 0 Å². The van der Waals surface area contributed by atoms with Gasteiger partial charge in [-0.2, -0.15) is 0 Å². The Morgan fingerprint density at radius 1 is 1.03 bits per heavy atom. The van der Waals surface area contributed by atoms with Gasteiger partial charge in [0.05, 0.1) is 27.0 Å². The zero-order chi connectivity index (χ0) is 20.5. The first-order valence-electron chi connectivity index (χ1n) is 9.26. The van der Waals surface area contributed by atoms with Crippen molar-refractivity contribution in [2.75, 3.05) is 41.7 Å². The maximum Gasteiger partial charge on any atom is 0.231 e. The fraction of sp³-hybridized carbons (Fsp3) is 0.318.